The largest absolute Gasteiger partial charge is 0.482 e. The van der Waals surface area contributed by atoms with E-state index in [1.165, 1.54) is 24.5 Å². The van der Waals surface area contributed by atoms with Crippen LogP contribution in [-0.2, 0) is 6.42 Å². The molecule has 0 bridgehead atoms. The number of ether oxygens (including phenoxy) is 1. The van der Waals surface area contributed by atoms with Crippen molar-refractivity contribution in [2.24, 2.45) is 5.92 Å². The standard InChI is InChI=1S/C24H20F4N2O4/c25-16-6-8-19(21(11-16)34-13-24(26,27)28)30-9-1-2-17(23(30)33)20(31)10-14-3-7-18(29-12-14)22(32)15-4-5-15/h1-3,6-9,11-12,15,22,32H,4-5,10,13H2. The molecule has 34 heavy (non-hydrogen) atoms. The van der Waals surface area contributed by atoms with Crippen LogP contribution in [-0.4, -0.2) is 33.2 Å². The normalized spacial score (nSPS) is 14.6. The van der Waals surface area contributed by atoms with E-state index in [1.54, 1.807) is 12.1 Å². The summed E-state index contributed by atoms with van der Waals surface area (Å²) in [5.41, 5.74) is -0.0724. The number of aliphatic hydroxyl groups is 1. The fourth-order valence-corrected chi connectivity index (χ4v) is 3.51. The first-order valence-corrected chi connectivity index (χ1v) is 10.5. The van der Waals surface area contributed by atoms with Crippen LogP contribution in [0.2, 0.25) is 0 Å². The smallest absolute Gasteiger partial charge is 0.422 e. The second kappa shape index (κ2) is 9.38. The summed E-state index contributed by atoms with van der Waals surface area (Å²) in [5.74, 6) is -1.65. The molecule has 2 heterocycles. The van der Waals surface area contributed by atoms with Gasteiger partial charge in [0.15, 0.2) is 12.4 Å². The first kappa shape index (κ1) is 23.6. The van der Waals surface area contributed by atoms with Crippen molar-refractivity contribution in [3.63, 3.8) is 0 Å². The Balaban J connectivity index is 1.57. The molecule has 1 aromatic carbocycles. The van der Waals surface area contributed by atoms with E-state index >= 15 is 0 Å². The van der Waals surface area contributed by atoms with E-state index in [4.69, 9.17) is 4.74 Å². The topological polar surface area (TPSA) is 81.4 Å². The zero-order chi connectivity index (χ0) is 24.5. The van der Waals surface area contributed by atoms with E-state index in [-0.39, 0.29) is 23.6 Å². The summed E-state index contributed by atoms with van der Waals surface area (Å²) in [4.78, 5) is 30.0. The number of carbonyl (C=O) groups excluding carboxylic acids is 1. The fourth-order valence-electron chi connectivity index (χ4n) is 3.51. The highest BCUT2D eigenvalue weighted by molar-refractivity contribution is 5.97. The Bertz CT molecular complexity index is 1250. The molecule has 178 valence electrons. The highest BCUT2D eigenvalue weighted by Gasteiger charge is 2.31. The number of Topliss-reactive ketones (excluding diaryl/α,β-unsaturated/α-hetero) is 1. The van der Waals surface area contributed by atoms with Crippen LogP contribution in [0.5, 0.6) is 5.75 Å². The third-order valence-corrected chi connectivity index (χ3v) is 5.40. The Morgan fingerprint density at radius 2 is 1.97 bits per heavy atom. The lowest BCUT2D eigenvalue weighted by Gasteiger charge is -2.15. The van der Waals surface area contributed by atoms with Crippen LogP contribution in [0, 0.1) is 11.7 Å². The molecular formula is C24H20F4N2O4. The summed E-state index contributed by atoms with van der Waals surface area (Å²) in [7, 11) is 0. The fraction of sp³-hybridized carbons (Fsp3) is 0.292. The molecule has 4 rings (SSSR count). The quantitative estimate of drug-likeness (QED) is 0.390. The van der Waals surface area contributed by atoms with Gasteiger partial charge in [-0.1, -0.05) is 6.07 Å². The highest BCUT2D eigenvalue weighted by Crippen LogP contribution is 2.40. The Morgan fingerprint density at radius 1 is 1.21 bits per heavy atom. The van der Waals surface area contributed by atoms with Crippen molar-refractivity contribution in [3.8, 4) is 11.4 Å². The number of ketones is 1. The van der Waals surface area contributed by atoms with Crippen molar-refractivity contribution in [2.75, 3.05) is 6.61 Å². The average molecular weight is 476 g/mol. The summed E-state index contributed by atoms with van der Waals surface area (Å²) in [5, 5.41) is 10.1. The van der Waals surface area contributed by atoms with Gasteiger partial charge in [-0.15, -0.1) is 0 Å². The molecule has 6 nitrogen and oxygen atoms in total. The molecule has 0 radical (unpaired) electrons. The minimum absolute atomic E-state index is 0.134. The lowest BCUT2D eigenvalue weighted by Crippen LogP contribution is -2.26. The number of hydrogen-bond acceptors (Lipinski definition) is 5. The molecular weight excluding hydrogens is 456 g/mol. The molecule has 0 saturated heterocycles. The Hall–Kier alpha value is -3.53. The number of aliphatic hydroxyl groups excluding tert-OH is 1. The van der Waals surface area contributed by atoms with Crippen molar-refractivity contribution in [1.82, 2.24) is 9.55 Å². The van der Waals surface area contributed by atoms with Crippen molar-refractivity contribution >= 4 is 5.78 Å². The second-order valence-electron chi connectivity index (χ2n) is 8.09. The Kier molecular flexibility index (Phi) is 6.52. The maximum absolute atomic E-state index is 13.6. The Morgan fingerprint density at radius 3 is 2.62 bits per heavy atom. The number of carbonyl (C=O) groups is 1. The number of halogens is 4. The number of aromatic nitrogens is 2. The molecule has 1 fully saturated rings. The van der Waals surface area contributed by atoms with Gasteiger partial charge in [0.05, 0.1) is 23.0 Å². The molecule has 0 amide bonds. The molecule has 1 unspecified atom stereocenters. The summed E-state index contributed by atoms with van der Waals surface area (Å²) in [6.07, 6.45) is -0.847. The van der Waals surface area contributed by atoms with Gasteiger partial charge < -0.3 is 9.84 Å². The molecule has 1 aliphatic carbocycles. The van der Waals surface area contributed by atoms with Gasteiger partial charge in [-0.25, -0.2) is 4.39 Å². The molecule has 2 aromatic heterocycles. The number of benzene rings is 1. The monoisotopic (exact) mass is 476 g/mol. The predicted molar refractivity (Wildman–Crippen MR) is 114 cm³/mol. The predicted octanol–water partition coefficient (Wildman–Crippen LogP) is 4.18. The van der Waals surface area contributed by atoms with Crippen molar-refractivity contribution in [1.29, 1.82) is 0 Å². The van der Waals surface area contributed by atoms with E-state index in [9.17, 15) is 32.3 Å². The molecule has 3 aromatic rings. The molecule has 1 N–H and O–H groups in total. The van der Waals surface area contributed by atoms with Gasteiger partial charge in [-0.3, -0.25) is 19.1 Å². The van der Waals surface area contributed by atoms with Gasteiger partial charge >= 0.3 is 6.18 Å². The number of pyridine rings is 2. The maximum Gasteiger partial charge on any atom is 0.422 e. The third-order valence-electron chi connectivity index (χ3n) is 5.40. The van der Waals surface area contributed by atoms with Gasteiger partial charge in [0.2, 0.25) is 0 Å². The first-order valence-electron chi connectivity index (χ1n) is 10.5. The molecule has 1 aliphatic rings. The molecule has 1 atom stereocenters. The van der Waals surface area contributed by atoms with E-state index in [0.717, 1.165) is 35.6 Å². The number of rotatable bonds is 8. The van der Waals surface area contributed by atoms with Gasteiger partial charge in [0.1, 0.15) is 11.6 Å². The van der Waals surface area contributed by atoms with E-state index in [2.05, 4.69) is 4.98 Å². The van der Waals surface area contributed by atoms with Crippen molar-refractivity contribution in [2.45, 2.75) is 31.5 Å². The van der Waals surface area contributed by atoms with Crippen LogP contribution < -0.4 is 10.3 Å². The van der Waals surface area contributed by atoms with Crippen LogP contribution in [0.4, 0.5) is 17.6 Å². The second-order valence-corrected chi connectivity index (χ2v) is 8.09. The lowest BCUT2D eigenvalue weighted by atomic mass is 10.0. The van der Waals surface area contributed by atoms with Crippen molar-refractivity contribution < 1.29 is 32.2 Å². The molecule has 0 spiro atoms. The highest BCUT2D eigenvalue weighted by atomic mass is 19.4. The van der Waals surface area contributed by atoms with Gasteiger partial charge in [-0.2, -0.15) is 13.2 Å². The third kappa shape index (κ3) is 5.51. The van der Waals surface area contributed by atoms with Crippen LogP contribution in [0.1, 0.15) is 40.6 Å². The van der Waals surface area contributed by atoms with Gasteiger partial charge in [0.25, 0.3) is 5.56 Å². The van der Waals surface area contributed by atoms with Crippen LogP contribution in [0.3, 0.4) is 0 Å². The van der Waals surface area contributed by atoms with E-state index in [1.807, 2.05) is 0 Å². The van der Waals surface area contributed by atoms with Gasteiger partial charge in [0, 0.05) is 24.9 Å². The Labute approximate surface area is 191 Å². The van der Waals surface area contributed by atoms with Gasteiger partial charge in [-0.05, 0) is 54.7 Å². The minimum atomic E-state index is -4.66. The number of alkyl halides is 3. The summed E-state index contributed by atoms with van der Waals surface area (Å²) < 4.78 is 57.1. The zero-order valence-electron chi connectivity index (χ0n) is 17.8. The lowest BCUT2D eigenvalue weighted by molar-refractivity contribution is -0.153. The molecule has 10 heteroatoms. The van der Waals surface area contributed by atoms with Crippen LogP contribution in [0.25, 0.3) is 5.69 Å². The summed E-state index contributed by atoms with van der Waals surface area (Å²) in [6.45, 7) is -1.67. The SMILES string of the molecule is O=C(Cc1ccc(C(O)C2CC2)nc1)c1cccn(-c2ccc(F)cc2OCC(F)(F)F)c1=O. The summed E-state index contributed by atoms with van der Waals surface area (Å²) >= 11 is 0. The number of hydrogen-bond donors (Lipinski definition) is 1. The molecule has 0 aliphatic heterocycles. The van der Waals surface area contributed by atoms with Crippen LogP contribution >= 0.6 is 0 Å². The first-order chi connectivity index (χ1) is 16.1. The zero-order valence-corrected chi connectivity index (χ0v) is 17.8. The van der Waals surface area contributed by atoms with E-state index in [0.29, 0.717) is 11.3 Å². The summed E-state index contributed by atoms with van der Waals surface area (Å²) in [6, 6.07) is 8.79. The molecule has 1 saturated carbocycles. The maximum atomic E-state index is 13.6. The number of nitrogens with zero attached hydrogens (tertiary/aromatic N) is 2. The average Bonchev–Trinajstić information content (AvgIpc) is 3.63. The van der Waals surface area contributed by atoms with Crippen molar-refractivity contribution in [3.05, 3.63) is 87.9 Å². The minimum Gasteiger partial charge on any atom is -0.482 e. The van der Waals surface area contributed by atoms with E-state index < -0.39 is 41.8 Å². The van der Waals surface area contributed by atoms with Crippen LogP contribution in [0.15, 0.2) is 59.7 Å².